The van der Waals surface area contributed by atoms with Gasteiger partial charge in [-0.1, -0.05) is 196 Å². The zero-order chi connectivity index (χ0) is 44.4. The van der Waals surface area contributed by atoms with E-state index in [-0.39, 0.29) is 31.1 Å². The second kappa shape index (κ2) is 49.2. The summed E-state index contributed by atoms with van der Waals surface area (Å²) in [4.78, 5) is 37.8. The molecule has 0 aliphatic rings. The number of rotatable bonds is 44. The minimum absolute atomic E-state index is 0.0929. The number of hydrogen-bond acceptors (Lipinski definition) is 6. The van der Waals surface area contributed by atoms with Crippen molar-refractivity contribution in [1.29, 1.82) is 0 Å². The SMILES string of the molecule is CC/C=C\C/C=C\C/C=C\C/C=C\C/C=C\CCCCCC(=O)OCC(COC(=O)CCCCCCCCCC)OC(=O)CCCCCCC/C=C\C/C=C\CCCCCC. The molecule has 0 amide bonds. The van der Waals surface area contributed by atoms with Crippen molar-refractivity contribution in [3.05, 3.63) is 85.1 Å². The highest BCUT2D eigenvalue weighted by Crippen LogP contribution is 2.13. The molecule has 0 rings (SSSR count). The van der Waals surface area contributed by atoms with Crippen LogP contribution in [-0.4, -0.2) is 37.2 Å². The lowest BCUT2D eigenvalue weighted by atomic mass is 10.1. The average molecular weight is 849 g/mol. The summed E-state index contributed by atoms with van der Waals surface area (Å²) in [6.07, 6.45) is 62.8. The van der Waals surface area contributed by atoms with Gasteiger partial charge < -0.3 is 14.2 Å². The maximum Gasteiger partial charge on any atom is 0.306 e. The quantitative estimate of drug-likeness (QED) is 0.0263. The van der Waals surface area contributed by atoms with Crippen LogP contribution in [0.1, 0.15) is 226 Å². The molecule has 0 fully saturated rings. The zero-order valence-corrected chi connectivity index (χ0v) is 39.7. The van der Waals surface area contributed by atoms with Crippen LogP contribution < -0.4 is 0 Å². The van der Waals surface area contributed by atoms with E-state index in [0.717, 1.165) is 122 Å². The second-order valence-corrected chi connectivity index (χ2v) is 16.3. The molecular formula is C55H92O6. The van der Waals surface area contributed by atoms with Crippen molar-refractivity contribution in [2.75, 3.05) is 13.2 Å². The molecule has 348 valence electrons. The smallest absolute Gasteiger partial charge is 0.306 e. The lowest BCUT2D eigenvalue weighted by Gasteiger charge is -2.18. The Bertz CT molecular complexity index is 1200. The summed E-state index contributed by atoms with van der Waals surface area (Å²) in [5, 5.41) is 0. The van der Waals surface area contributed by atoms with Gasteiger partial charge in [0.25, 0.3) is 0 Å². The monoisotopic (exact) mass is 849 g/mol. The molecule has 0 aliphatic carbocycles. The van der Waals surface area contributed by atoms with Crippen LogP contribution in [0.2, 0.25) is 0 Å². The Balaban J connectivity index is 4.40. The van der Waals surface area contributed by atoms with E-state index in [9.17, 15) is 14.4 Å². The van der Waals surface area contributed by atoms with Gasteiger partial charge in [0.1, 0.15) is 13.2 Å². The van der Waals surface area contributed by atoms with E-state index in [2.05, 4.69) is 106 Å². The average Bonchev–Trinajstić information content (AvgIpc) is 3.26. The molecule has 0 aromatic heterocycles. The molecule has 6 nitrogen and oxygen atoms in total. The van der Waals surface area contributed by atoms with Crippen LogP contribution >= 0.6 is 0 Å². The first kappa shape index (κ1) is 57.6. The predicted molar refractivity (Wildman–Crippen MR) is 261 cm³/mol. The molecule has 0 radical (unpaired) electrons. The second-order valence-electron chi connectivity index (χ2n) is 16.3. The van der Waals surface area contributed by atoms with Gasteiger partial charge in [-0.15, -0.1) is 0 Å². The van der Waals surface area contributed by atoms with Crippen molar-refractivity contribution in [2.45, 2.75) is 232 Å². The van der Waals surface area contributed by atoms with Gasteiger partial charge in [0, 0.05) is 19.3 Å². The molecule has 0 saturated heterocycles. The number of unbranched alkanes of at least 4 members (excludes halogenated alkanes) is 19. The van der Waals surface area contributed by atoms with Gasteiger partial charge in [-0.05, 0) is 96.3 Å². The largest absolute Gasteiger partial charge is 0.462 e. The molecule has 0 aromatic carbocycles. The topological polar surface area (TPSA) is 78.9 Å². The summed E-state index contributed by atoms with van der Waals surface area (Å²) in [7, 11) is 0. The first-order valence-corrected chi connectivity index (χ1v) is 25.1. The van der Waals surface area contributed by atoms with E-state index in [1.165, 1.54) is 64.2 Å². The number of carbonyl (C=O) groups excluding carboxylic acids is 3. The minimum atomic E-state index is -0.794. The van der Waals surface area contributed by atoms with Gasteiger partial charge >= 0.3 is 17.9 Å². The fourth-order valence-corrected chi connectivity index (χ4v) is 6.61. The van der Waals surface area contributed by atoms with Crippen LogP contribution in [0.15, 0.2) is 85.1 Å². The van der Waals surface area contributed by atoms with E-state index < -0.39 is 6.10 Å². The molecule has 0 spiro atoms. The van der Waals surface area contributed by atoms with Crippen LogP contribution in [0.3, 0.4) is 0 Å². The standard InChI is InChI=1S/C55H92O6/c1-4-7-10-13-16-19-21-23-25-27-28-29-31-32-34-36-39-42-45-48-54(57)60-51-52(50-59-53(56)47-44-41-38-18-15-12-9-6-3)61-55(58)49-46-43-40-37-35-33-30-26-24-22-20-17-14-11-8-5-2/h7,10,16,19-20,22-23,25-26,28-30,32,34,52H,4-6,8-9,11-15,17-18,21,24,27,31,33,35-51H2,1-3H3/b10-7-,19-16-,22-20-,25-23-,29-28-,30-26-,34-32-. The number of ether oxygens (including phenoxy) is 3. The van der Waals surface area contributed by atoms with Crippen molar-refractivity contribution in [3.8, 4) is 0 Å². The molecule has 61 heavy (non-hydrogen) atoms. The van der Waals surface area contributed by atoms with Crippen LogP contribution in [0.5, 0.6) is 0 Å². The van der Waals surface area contributed by atoms with Gasteiger partial charge in [0.2, 0.25) is 0 Å². The van der Waals surface area contributed by atoms with Crippen molar-refractivity contribution in [1.82, 2.24) is 0 Å². The third-order valence-electron chi connectivity index (χ3n) is 10.4. The highest BCUT2D eigenvalue weighted by Gasteiger charge is 2.19. The summed E-state index contributed by atoms with van der Waals surface area (Å²) >= 11 is 0. The summed E-state index contributed by atoms with van der Waals surface area (Å²) in [6, 6.07) is 0. The molecule has 0 N–H and O–H groups in total. The zero-order valence-electron chi connectivity index (χ0n) is 39.7. The molecule has 0 bridgehead atoms. The number of hydrogen-bond donors (Lipinski definition) is 0. The maximum absolute atomic E-state index is 12.8. The third-order valence-corrected chi connectivity index (χ3v) is 10.4. The first-order valence-electron chi connectivity index (χ1n) is 25.1. The molecule has 0 heterocycles. The molecule has 1 unspecified atom stereocenters. The van der Waals surface area contributed by atoms with Crippen LogP contribution in [0.25, 0.3) is 0 Å². The Morgan fingerprint density at radius 3 is 1.03 bits per heavy atom. The summed E-state index contributed by atoms with van der Waals surface area (Å²) < 4.78 is 16.7. The fourth-order valence-electron chi connectivity index (χ4n) is 6.61. The first-order chi connectivity index (χ1) is 30.0. The molecule has 6 heteroatoms. The van der Waals surface area contributed by atoms with Crippen molar-refractivity contribution < 1.29 is 28.6 Å². The number of esters is 3. The molecule has 0 aliphatic heterocycles. The number of allylic oxidation sites excluding steroid dienone is 14. The van der Waals surface area contributed by atoms with E-state index in [0.29, 0.717) is 19.3 Å². The summed E-state index contributed by atoms with van der Waals surface area (Å²) in [5.41, 5.74) is 0. The van der Waals surface area contributed by atoms with Crippen molar-refractivity contribution in [3.63, 3.8) is 0 Å². The molecule has 0 saturated carbocycles. The Labute approximate surface area is 375 Å². The summed E-state index contributed by atoms with van der Waals surface area (Å²) in [6.45, 7) is 6.43. The molecule has 1 atom stereocenters. The van der Waals surface area contributed by atoms with Gasteiger partial charge in [0.15, 0.2) is 6.10 Å². The predicted octanol–water partition coefficient (Wildman–Crippen LogP) is 16.4. The molecular weight excluding hydrogens is 757 g/mol. The molecule has 0 aromatic rings. The van der Waals surface area contributed by atoms with E-state index in [1.54, 1.807) is 0 Å². The van der Waals surface area contributed by atoms with Crippen molar-refractivity contribution >= 4 is 17.9 Å². The lowest BCUT2D eigenvalue weighted by molar-refractivity contribution is -0.167. The normalized spacial score (nSPS) is 12.8. The Morgan fingerprint density at radius 2 is 0.639 bits per heavy atom. The Morgan fingerprint density at radius 1 is 0.344 bits per heavy atom. The van der Waals surface area contributed by atoms with Gasteiger partial charge in [-0.2, -0.15) is 0 Å². The Hall–Kier alpha value is -3.41. The van der Waals surface area contributed by atoms with Crippen LogP contribution in [-0.2, 0) is 28.6 Å². The van der Waals surface area contributed by atoms with Gasteiger partial charge in [-0.25, -0.2) is 0 Å². The highest BCUT2D eigenvalue weighted by molar-refractivity contribution is 5.71. The van der Waals surface area contributed by atoms with E-state index in [4.69, 9.17) is 14.2 Å². The maximum atomic E-state index is 12.8. The van der Waals surface area contributed by atoms with E-state index >= 15 is 0 Å². The van der Waals surface area contributed by atoms with Crippen LogP contribution in [0.4, 0.5) is 0 Å². The minimum Gasteiger partial charge on any atom is -0.462 e. The van der Waals surface area contributed by atoms with Crippen LogP contribution in [0, 0.1) is 0 Å². The third kappa shape index (κ3) is 47.5. The van der Waals surface area contributed by atoms with E-state index in [1.807, 2.05) is 0 Å². The van der Waals surface area contributed by atoms with Gasteiger partial charge in [0.05, 0.1) is 0 Å². The number of carbonyl (C=O) groups is 3. The fraction of sp³-hybridized carbons (Fsp3) is 0.691. The van der Waals surface area contributed by atoms with Crippen molar-refractivity contribution in [2.24, 2.45) is 0 Å². The summed E-state index contributed by atoms with van der Waals surface area (Å²) in [5.74, 6) is -0.947. The highest BCUT2D eigenvalue weighted by atomic mass is 16.6. The lowest BCUT2D eigenvalue weighted by Crippen LogP contribution is -2.30. The Kier molecular flexibility index (Phi) is 46.5. The van der Waals surface area contributed by atoms with Gasteiger partial charge in [-0.3, -0.25) is 14.4 Å².